The van der Waals surface area contributed by atoms with Crippen LogP contribution in [0.3, 0.4) is 0 Å². The van der Waals surface area contributed by atoms with Crippen molar-refractivity contribution in [3.05, 3.63) is 70.9 Å². The van der Waals surface area contributed by atoms with Gasteiger partial charge in [0.2, 0.25) is 5.91 Å². The van der Waals surface area contributed by atoms with E-state index in [2.05, 4.69) is 61.4 Å². The molecule has 1 aromatic heterocycles. The third-order valence-corrected chi connectivity index (χ3v) is 5.16. The van der Waals surface area contributed by atoms with Crippen molar-refractivity contribution in [1.29, 1.82) is 0 Å². The second-order valence-electron chi connectivity index (χ2n) is 7.26. The first kappa shape index (κ1) is 18.2. The fourth-order valence-electron chi connectivity index (χ4n) is 3.56. The van der Waals surface area contributed by atoms with Gasteiger partial charge < -0.3 is 10.3 Å². The Bertz CT molecular complexity index is 894. The summed E-state index contributed by atoms with van der Waals surface area (Å²) in [6.45, 7) is 7.15. The Kier molecular flexibility index (Phi) is 5.77. The van der Waals surface area contributed by atoms with Crippen molar-refractivity contribution in [3.63, 3.8) is 0 Å². The van der Waals surface area contributed by atoms with Crippen LogP contribution in [0.25, 0.3) is 10.9 Å². The van der Waals surface area contributed by atoms with Gasteiger partial charge in [-0.1, -0.05) is 48.9 Å². The van der Waals surface area contributed by atoms with Crippen molar-refractivity contribution in [2.24, 2.45) is 0 Å². The summed E-state index contributed by atoms with van der Waals surface area (Å²) in [7, 11) is 0. The number of benzene rings is 2. The van der Waals surface area contributed by atoms with Crippen LogP contribution in [0.1, 0.15) is 47.9 Å². The lowest BCUT2D eigenvalue weighted by Crippen LogP contribution is -2.25. The van der Waals surface area contributed by atoms with Gasteiger partial charge in [-0.25, -0.2) is 0 Å². The minimum Gasteiger partial charge on any atom is -0.361 e. The second kappa shape index (κ2) is 8.22. The number of aromatic nitrogens is 1. The summed E-state index contributed by atoms with van der Waals surface area (Å²) in [5.41, 5.74) is 6.35. The van der Waals surface area contributed by atoms with Crippen molar-refractivity contribution in [1.82, 2.24) is 10.3 Å². The summed E-state index contributed by atoms with van der Waals surface area (Å²) in [5.74, 6) is 0.538. The van der Waals surface area contributed by atoms with Crippen molar-refractivity contribution < 1.29 is 4.79 Å². The summed E-state index contributed by atoms with van der Waals surface area (Å²) in [6, 6.07) is 14.8. The van der Waals surface area contributed by atoms with Crippen molar-refractivity contribution in [2.45, 2.75) is 46.0 Å². The molecule has 136 valence electrons. The average molecular weight is 348 g/mol. The zero-order chi connectivity index (χ0) is 18.5. The number of rotatable bonds is 7. The van der Waals surface area contributed by atoms with E-state index in [4.69, 9.17) is 0 Å². The number of aromatic amines is 1. The van der Waals surface area contributed by atoms with Crippen LogP contribution in [0, 0.1) is 13.8 Å². The standard InChI is InChI=1S/C23H28N2O/c1-16-8-9-17(2)21(14-16)18(3)10-11-23(26)24-13-12-19-15-25-22-7-5-4-6-20(19)22/h4-9,14-15,18,25H,10-13H2,1-3H3,(H,24,26). The van der Waals surface area contributed by atoms with Crippen LogP contribution in [0.5, 0.6) is 0 Å². The highest BCUT2D eigenvalue weighted by Gasteiger charge is 2.11. The molecule has 1 heterocycles. The van der Waals surface area contributed by atoms with E-state index in [0.29, 0.717) is 18.9 Å². The molecule has 0 aliphatic heterocycles. The largest absolute Gasteiger partial charge is 0.361 e. The van der Waals surface area contributed by atoms with Gasteiger partial charge in [0.15, 0.2) is 0 Å². The summed E-state index contributed by atoms with van der Waals surface area (Å²) < 4.78 is 0. The van der Waals surface area contributed by atoms with Gasteiger partial charge in [0.05, 0.1) is 0 Å². The van der Waals surface area contributed by atoms with Crippen LogP contribution in [-0.4, -0.2) is 17.4 Å². The number of carbonyl (C=O) groups excluding carboxylic acids is 1. The lowest BCUT2D eigenvalue weighted by atomic mass is 9.91. The average Bonchev–Trinajstić information content (AvgIpc) is 3.05. The normalized spacial score (nSPS) is 12.3. The first-order valence-corrected chi connectivity index (χ1v) is 9.43. The SMILES string of the molecule is Cc1ccc(C)c(C(C)CCC(=O)NCCc2c[nH]c3ccccc23)c1. The molecule has 1 atom stereocenters. The Morgan fingerprint density at radius 3 is 2.81 bits per heavy atom. The molecule has 1 unspecified atom stereocenters. The van der Waals surface area contributed by atoms with Gasteiger partial charge in [0.1, 0.15) is 0 Å². The second-order valence-corrected chi connectivity index (χ2v) is 7.26. The molecule has 0 saturated heterocycles. The molecular formula is C23H28N2O. The van der Waals surface area contributed by atoms with E-state index < -0.39 is 0 Å². The third kappa shape index (κ3) is 4.34. The molecule has 3 aromatic rings. The highest BCUT2D eigenvalue weighted by molar-refractivity contribution is 5.83. The number of hydrogen-bond acceptors (Lipinski definition) is 1. The summed E-state index contributed by atoms with van der Waals surface area (Å²) in [4.78, 5) is 15.5. The van der Waals surface area contributed by atoms with Crippen molar-refractivity contribution >= 4 is 16.8 Å². The van der Waals surface area contributed by atoms with Gasteiger partial charge in [-0.2, -0.15) is 0 Å². The van der Waals surface area contributed by atoms with Crippen LogP contribution < -0.4 is 5.32 Å². The van der Waals surface area contributed by atoms with Crippen LogP contribution in [-0.2, 0) is 11.2 Å². The molecule has 0 spiro atoms. The highest BCUT2D eigenvalue weighted by Crippen LogP contribution is 2.25. The third-order valence-electron chi connectivity index (χ3n) is 5.16. The molecule has 0 fully saturated rings. The number of nitrogens with one attached hydrogen (secondary N) is 2. The van der Waals surface area contributed by atoms with E-state index in [9.17, 15) is 4.79 Å². The molecule has 0 saturated carbocycles. The molecule has 3 rings (SSSR count). The molecule has 2 aromatic carbocycles. The Balaban J connectivity index is 1.46. The number of para-hydroxylation sites is 1. The van der Waals surface area contributed by atoms with E-state index in [0.717, 1.165) is 18.4 Å². The molecule has 0 bridgehead atoms. The van der Waals surface area contributed by atoms with E-state index in [1.54, 1.807) is 0 Å². The predicted octanol–water partition coefficient (Wildman–Crippen LogP) is 5.03. The summed E-state index contributed by atoms with van der Waals surface area (Å²) in [5, 5.41) is 4.31. The van der Waals surface area contributed by atoms with Gasteiger partial charge in [-0.15, -0.1) is 0 Å². The number of hydrogen-bond donors (Lipinski definition) is 2. The lowest BCUT2D eigenvalue weighted by molar-refractivity contribution is -0.121. The minimum atomic E-state index is 0.141. The van der Waals surface area contributed by atoms with E-state index in [1.165, 1.54) is 27.6 Å². The molecule has 3 nitrogen and oxygen atoms in total. The zero-order valence-electron chi connectivity index (χ0n) is 15.9. The van der Waals surface area contributed by atoms with Crippen LogP contribution in [0.15, 0.2) is 48.7 Å². The summed E-state index contributed by atoms with van der Waals surface area (Å²) in [6.07, 6.45) is 4.34. The number of H-pyrrole nitrogens is 1. The van der Waals surface area contributed by atoms with Gasteiger partial charge >= 0.3 is 0 Å². The van der Waals surface area contributed by atoms with Gasteiger partial charge in [-0.3, -0.25) is 4.79 Å². The van der Waals surface area contributed by atoms with Crippen LogP contribution >= 0.6 is 0 Å². The minimum absolute atomic E-state index is 0.141. The number of aryl methyl sites for hydroxylation is 2. The van der Waals surface area contributed by atoms with Crippen molar-refractivity contribution in [2.75, 3.05) is 6.54 Å². The van der Waals surface area contributed by atoms with Gasteiger partial charge in [0.25, 0.3) is 0 Å². The fraction of sp³-hybridized carbons (Fsp3) is 0.348. The maximum Gasteiger partial charge on any atom is 0.220 e. The number of fused-ring (bicyclic) bond motifs is 1. The topological polar surface area (TPSA) is 44.9 Å². The van der Waals surface area contributed by atoms with Crippen molar-refractivity contribution in [3.8, 4) is 0 Å². The lowest BCUT2D eigenvalue weighted by Gasteiger charge is -2.15. The van der Waals surface area contributed by atoms with Crippen LogP contribution in [0.4, 0.5) is 0 Å². The molecular weight excluding hydrogens is 320 g/mol. The molecule has 26 heavy (non-hydrogen) atoms. The van der Waals surface area contributed by atoms with Gasteiger partial charge in [0, 0.05) is 30.1 Å². The maximum atomic E-state index is 12.2. The Labute approximate surface area is 155 Å². The Hall–Kier alpha value is -2.55. The molecule has 0 aliphatic carbocycles. The van der Waals surface area contributed by atoms with E-state index in [1.807, 2.05) is 18.3 Å². The Morgan fingerprint density at radius 2 is 1.96 bits per heavy atom. The molecule has 0 radical (unpaired) electrons. The number of carbonyl (C=O) groups is 1. The monoisotopic (exact) mass is 348 g/mol. The van der Waals surface area contributed by atoms with Gasteiger partial charge in [-0.05, 0) is 55.4 Å². The maximum absolute atomic E-state index is 12.2. The number of amides is 1. The first-order chi connectivity index (χ1) is 12.5. The van der Waals surface area contributed by atoms with Crippen LogP contribution in [0.2, 0.25) is 0 Å². The van der Waals surface area contributed by atoms with E-state index in [-0.39, 0.29) is 5.91 Å². The Morgan fingerprint density at radius 1 is 1.15 bits per heavy atom. The summed E-state index contributed by atoms with van der Waals surface area (Å²) >= 11 is 0. The molecule has 1 amide bonds. The fourth-order valence-corrected chi connectivity index (χ4v) is 3.56. The highest BCUT2D eigenvalue weighted by atomic mass is 16.1. The smallest absolute Gasteiger partial charge is 0.220 e. The molecule has 3 heteroatoms. The molecule has 2 N–H and O–H groups in total. The predicted molar refractivity (Wildman–Crippen MR) is 109 cm³/mol. The first-order valence-electron chi connectivity index (χ1n) is 9.43. The van der Waals surface area contributed by atoms with E-state index >= 15 is 0 Å². The molecule has 0 aliphatic rings. The zero-order valence-corrected chi connectivity index (χ0v) is 15.9. The quantitative estimate of drug-likeness (QED) is 0.618.